The van der Waals surface area contributed by atoms with E-state index in [-0.39, 0.29) is 11.8 Å². The summed E-state index contributed by atoms with van der Waals surface area (Å²) in [5, 5.41) is 3.18. The van der Waals surface area contributed by atoms with Crippen LogP contribution in [0.1, 0.15) is 40.7 Å². The van der Waals surface area contributed by atoms with Crippen molar-refractivity contribution in [3.63, 3.8) is 0 Å². The molecule has 0 atom stereocenters. The van der Waals surface area contributed by atoms with Crippen LogP contribution in [0, 0.1) is 13.5 Å². The lowest BCUT2D eigenvalue weighted by Crippen LogP contribution is -2.50. The molecule has 162 valence electrons. The summed E-state index contributed by atoms with van der Waals surface area (Å²) in [6.45, 7) is 5.94. The lowest BCUT2D eigenvalue weighted by atomic mass is 9.71. The average Bonchev–Trinajstić information content (AvgIpc) is 2.76. The average molecular weight is 433 g/mol. The molecule has 32 heavy (non-hydrogen) atoms. The topological polar surface area (TPSA) is 55.6 Å². The Morgan fingerprint density at radius 3 is 2.38 bits per heavy atom. The summed E-state index contributed by atoms with van der Waals surface area (Å²) in [6.07, 6.45) is 4.24. The summed E-state index contributed by atoms with van der Waals surface area (Å²) >= 11 is 0. The number of amides is 1. The Bertz CT molecular complexity index is 1170. The van der Waals surface area contributed by atoms with Crippen LogP contribution in [0.3, 0.4) is 0 Å². The maximum atomic E-state index is 12.8. The highest BCUT2D eigenvalue weighted by Crippen LogP contribution is 2.42. The van der Waals surface area contributed by atoms with E-state index < -0.39 is 12.2 Å². The molecular formula is C25H21F2N3O2. The molecule has 1 aliphatic carbocycles. The molecule has 5 nitrogen and oxygen atoms in total. The maximum absolute atomic E-state index is 12.8. The highest BCUT2D eigenvalue weighted by molar-refractivity contribution is 5.95. The number of aryl methyl sites for hydroxylation is 1. The fourth-order valence-corrected chi connectivity index (χ4v) is 3.95. The first kappa shape index (κ1) is 21.4. The predicted molar refractivity (Wildman–Crippen MR) is 117 cm³/mol. The van der Waals surface area contributed by atoms with Crippen molar-refractivity contribution in [3.05, 3.63) is 88.9 Å². The molecule has 0 radical (unpaired) electrons. The molecule has 1 aliphatic rings. The van der Waals surface area contributed by atoms with Crippen LogP contribution in [0.5, 0.6) is 5.88 Å². The van der Waals surface area contributed by atoms with Gasteiger partial charge in [-0.15, -0.1) is 0 Å². The first-order valence-corrected chi connectivity index (χ1v) is 10.2. The lowest BCUT2D eigenvalue weighted by Gasteiger charge is -2.43. The van der Waals surface area contributed by atoms with Gasteiger partial charge in [0.25, 0.3) is 5.91 Å². The van der Waals surface area contributed by atoms with Crippen molar-refractivity contribution in [2.45, 2.75) is 38.3 Å². The number of carbonyl (C=O) groups excluding carboxylic acids is 1. The zero-order valence-corrected chi connectivity index (χ0v) is 17.4. The van der Waals surface area contributed by atoms with Crippen molar-refractivity contribution < 1.29 is 18.3 Å². The van der Waals surface area contributed by atoms with Gasteiger partial charge in [0.1, 0.15) is 0 Å². The Morgan fingerprint density at radius 2 is 1.84 bits per heavy atom. The van der Waals surface area contributed by atoms with Crippen molar-refractivity contribution >= 4 is 11.6 Å². The van der Waals surface area contributed by atoms with E-state index >= 15 is 0 Å². The first-order valence-electron chi connectivity index (χ1n) is 10.2. The number of rotatable bonds is 6. The SMILES string of the molecule is [C-]#[N+]c1ccc(C(=O)NC2(c3ccc(-c4cnc(OC(F)F)cc4C)cc3)CCC2)cc1. The third-order valence-corrected chi connectivity index (χ3v) is 5.86. The van der Waals surface area contributed by atoms with E-state index in [0.29, 0.717) is 11.3 Å². The van der Waals surface area contributed by atoms with Gasteiger partial charge in [0.2, 0.25) is 5.88 Å². The molecule has 1 amide bonds. The number of nitrogens with zero attached hydrogens (tertiary/aromatic N) is 2. The number of pyridine rings is 1. The summed E-state index contributed by atoms with van der Waals surface area (Å²) in [7, 11) is 0. The minimum absolute atomic E-state index is 0.113. The molecule has 0 saturated heterocycles. The number of halogens is 2. The van der Waals surface area contributed by atoms with Gasteiger partial charge in [-0.05, 0) is 42.9 Å². The Morgan fingerprint density at radius 1 is 1.16 bits per heavy atom. The molecule has 2 aromatic carbocycles. The third-order valence-electron chi connectivity index (χ3n) is 5.86. The number of aromatic nitrogens is 1. The van der Waals surface area contributed by atoms with Crippen molar-refractivity contribution in [1.82, 2.24) is 10.3 Å². The molecule has 0 aliphatic heterocycles. The summed E-state index contributed by atoms with van der Waals surface area (Å²) in [5.74, 6) is -0.279. The zero-order valence-electron chi connectivity index (χ0n) is 17.4. The van der Waals surface area contributed by atoms with Gasteiger partial charge in [-0.1, -0.05) is 48.5 Å². The summed E-state index contributed by atoms with van der Waals surface area (Å²) in [5.41, 5.74) is 4.11. The molecule has 4 rings (SSSR count). The number of ether oxygens (including phenoxy) is 1. The van der Waals surface area contributed by atoms with Crippen molar-refractivity contribution in [2.75, 3.05) is 0 Å². The van der Waals surface area contributed by atoms with Gasteiger partial charge >= 0.3 is 6.61 Å². The molecule has 7 heteroatoms. The second kappa shape index (κ2) is 8.75. The number of hydrogen-bond acceptors (Lipinski definition) is 3. The smallest absolute Gasteiger partial charge is 0.388 e. The Labute approximate surface area is 184 Å². The van der Waals surface area contributed by atoms with E-state index in [2.05, 4.69) is 19.9 Å². The molecular weight excluding hydrogens is 412 g/mol. The van der Waals surface area contributed by atoms with Crippen molar-refractivity contribution in [3.8, 4) is 17.0 Å². The van der Waals surface area contributed by atoms with Crippen LogP contribution in [0.2, 0.25) is 0 Å². The predicted octanol–water partition coefficient (Wildman–Crippen LogP) is 6.02. The Hall–Kier alpha value is -3.79. The Balaban J connectivity index is 1.53. The molecule has 1 N–H and O–H groups in total. The minimum Gasteiger partial charge on any atom is -0.417 e. The van der Waals surface area contributed by atoms with Gasteiger partial charge in [-0.25, -0.2) is 9.83 Å². The lowest BCUT2D eigenvalue weighted by molar-refractivity contribution is -0.0528. The molecule has 1 heterocycles. The van der Waals surface area contributed by atoms with E-state index in [9.17, 15) is 13.6 Å². The van der Waals surface area contributed by atoms with E-state index in [4.69, 9.17) is 6.57 Å². The maximum Gasteiger partial charge on any atom is 0.388 e. The van der Waals surface area contributed by atoms with Crippen LogP contribution in [0.4, 0.5) is 14.5 Å². The number of alkyl halides is 2. The standard InChI is InChI=1S/C25H21F2N3O2/c1-16-14-22(32-24(26)27)29-15-21(16)17-4-8-19(9-5-17)25(12-3-13-25)30-23(31)18-6-10-20(28-2)11-7-18/h4-11,14-15,24H,3,12-13H2,1H3,(H,30,31). The molecule has 3 aromatic rings. The van der Waals surface area contributed by atoms with Crippen molar-refractivity contribution in [2.24, 2.45) is 0 Å². The summed E-state index contributed by atoms with van der Waals surface area (Å²) < 4.78 is 29.2. The van der Waals surface area contributed by atoms with Crippen LogP contribution in [0.15, 0.2) is 60.8 Å². The molecule has 0 bridgehead atoms. The normalized spacial score (nSPS) is 14.3. The van der Waals surface area contributed by atoms with E-state index in [0.717, 1.165) is 41.5 Å². The zero-order chi connectivity index (χ0) is 22.7. The van der Waals surface area contributed by atoms with Gasteiger partial charge in [0.15, 0.2) is 5.69 Å². The van der Waals surface area contributed by atoms with Crippen LogP contribution < -0.4 is 10.1 Å². The fraction of sp³-hybridized carbons (Fsp3) is 0.240. The second-order valence-corrected chi connectivity index (χ2v) is 7.84. The van der Waals surface area contributed by atoms with Crippen LogP contribution in [-0.2, 0) is 5.54 Å². The van der Waals surface area contributed by atoms with Crippen LogP contribution >= 0.6 is 0 Å². The summed E-state index contributed by atoms with van der Waals surface area (Å²) in [6, 6.07) is 16.0. The molecule has 1 fully saturated rings. The van der Waals surface area contributed by atoms with E-state index in [1.165, 1.54) is 12.3 Å². The molecule has 0 spiro atoms. The van der Waals surface area contributed by atoms with Gasteiger partial charge in [-0.2, -0.15) is 8.78 Å². The van der Waals surface area contributed by atoms with Crippen LogP contribution in [-0.4, -0.2) is 17.5 Å². The highest BCUT2D eigenvalue weighted by atomic mass is 19.3. The number of hydrogen-bond donors (Lipinski definition) is 1. The Kier molecular flexibility index (Phi) is 5.87. The quantitative estimate of drug-likeness (QED) is 0.484. The van der Waals surface area contributed by atoms with E-state index in [1.807, 2.05) is 31.2 Å². The van der Waals surface area contributed by atoms with E-state index in [1.54, 1.807) is 24.3 Å². The van der Waals surface area contributed by atoms with Gasteiger partial charge in [0.05, 0.1) is 12.1 Å². The largest absolute Gasteiger partial charge is 0.417 e. The highest BCUT2D eigenvalue weighted by Gasteiger charge is 2.40. The third kappa shape index (κ3) is 4.30. The fourth-order valence-electron chi connectivity index (χ4n) is 3.95. The van der Waals surface area contributed by atoms with Crippen LogP contribution in [0.25, 0.3) is 16.0 Å². The molecule has 1 saturated carbocycles. The summed E-state index contributed by atoms with van der Waals surface area (Å²) in [4.78, 5) is 20.1. The van der Waals surface area contributed by atoms with Crippen molar-refractivity contribution in [1.29, 1.82) is 0 Å². The second-order valence-electron chi connectivity index (χ2n) is 7.84. The number of nitrogens with one attached hydrogen (secondary N) is 1. The first-order chi connectivity index (χ1) is 15.4. The molecule has 0 unspecified atom stereocenters. The monoisotopic (exact) mass is 433 g/mol. The number of benzene rings is 2. The van der Waals surface area contributed by atoms with Gasteiger partial charge in [-0.3, -0.25) is 4.79 Å². The minimum atomic E-state index is -2.91. The van der Waals surface area contributed by atoms with Gasteiger partial charge < -0.3 is 10.1 Å². The molecule has 1 aromatic heterocycles. The number of carbonyl (C=O) groups is 1. The van der Waals surface area contributed by atoms with Gasteiger partial charge in [0, 0.05) is 23.4 Å².